The van der Waals surface area contributed by atoms with Crippen LogP contribution in [0.25, 0.3) is 11.1 Å². The first-order valence-corrected chi connectivity index (χ1v) is 3.88. The van der Waals surface area contributed by atoms with Crippen LogP contribution < -0.4 is 0 Å². The van der Waals surface area contributed by atoms with Gasteiger partial charge in [0.15, 0.2) is 0 Å². The van der Waals surface area contributed by atoms with Gasteiger partial charge in [0, 0.05) is 0 Å². The molecule has 2 aromatic rings. The molecule has 2 rings (SSSR count). The summed E-state index contributed by atoms with van der Waals surface area (Å²) in [7, 11) is 0. The van der Waals surface area contributed by atoms with Crippen molar-refractivity contribution in [2.45, 2.75) is 0 Å². The van der Waals surface area contributed by atoms with Crippen LogP contribution in [0.2, 0.25) is 0 Å². The van der Waals surface area contributed by atoms with Crippen molar-refractivity contribution in [3.8, 4) is 16.9 Å². The zero-order chi connectivity index (χ0) is 12.6. The third-order valence-corrected chi connectivity index (χ3v) is 1.67. The Labute approximate surface area is 82.9 Å². The Morgan fingerprint density at radius 3 is 2.08 bits per heavy atom. The molecule has 0 unspecified atom stereocenters. The highest BCUT2D eigenvalue weighted by Gasteiger charge is 1.94. The zero-order valence-corrected chi connectivity index (χ0v) is 6.83. The third-order valence-electron chi connectivity index (χ3n) is 1.67. The maximum absolute atomic E-state index is 9.42. The molecule has 0 spiro atoms. The van der Waals surface area contributed by atoms with Crippen LogP contribution in [0.5, 0.6) is 5.75 Å². The van der Waals surface area contributed by atoms with E-state index in [0.717, 1.165) is 0 Å². The van der Waals surface area contributed by atoms with Gasteiger partial charge in [-0.2, -0.15) is 0 Å². The van der Waals surface area contributed by atoms with Crippen LogP contribution in [0.1, 0.15) is 5.48 Å². The van der Waals surface area contributed by atoms with Crippen LogP contribution in [0.3, 0.4) is 0 Å². The molecule has 0 aliphatic carbocycles. The second-order valence-electron chi connectivity index (χ2n) is 2.59. The molecule has 0 aromatic heterocycles. The molecular weight excluding hydrogens is 160 g/mol. The topological polar surface area (TPSA) is 20.2 Å². The van der Waals surface area contributed by atoms with Gasteiger partial charge in [-0.05, 0) is 23.2 Å². The Kier molecular flexibility index (Phi) is 1.14. The Morgan fingerprint density at radius 2 is 1.46 bits per heavy atom. The fourth-order valence-electron chi connectivity index (χ4n) is 1.06. The Hall–Kier alpha value is -1.76. The molecule has 0 aliphatic rings. The Morgan fingerprint density at radius 1 is 0.846 bits per heavy atom. The quantitative estimate of drug-likeness (QED) is 0.704. The fraction of sp³-hybridized carbons (Fsp3) is 0. The van der Waals surface area contributed by atoms with Crippen molar-refractivity contribution in [3.63, 3.8) is 0 Å². The molecule has 0 saturated carbocycles. The van der Waals surface area contributed by atoms with Crippen molar-refractivity contribution in [2.24, 2.45) is 0 Å². The van der Waals surface area contributed by atoms with E-state index in [0.29, 0.717) is 5.56 Å². The number of hydrogen-bond acceptors (Lipinski definition) is 1. The van der Waals surface area contributed by atoms with Gasteiger partial charge in [0.05, 0.1) is 5.48 Å². The number of rotatable bonds is 1. The van der Waals surface area contributed by atoms with Gasteiger partial charge < -0.3 is 5.11 Å². The van der Waals surface area contributed by atoms with Crippen LogP contribution in [-0.2, 0) is 0 Å². The van der Waals surface area contributed by atoms with Gasteiger partial charge in [0.25, 0.3) is 0 Å². The van der Waals surface area contributed by atoms with E-state index in [1.54, 1.807) is 30.3 Å². The van der Waals surface area contributed by atoms with Gasteiger partial charge in [-0.3, -0.25) is 0 Å². The van der Waals surface area contributed by atoms with Crippen molar-refractivity contribution in [2.75, 3.05) is 0 Å². The van der Waals surface area contributed by atoms with Crippen molar-refractivity contribution < 1.29 is 10.6 Å². The average molecular weight is 174 g/mol. The zero-order valence-electron chi connectivity index (χ0n) is 10.8. The summed E-state index contributed by atoms with van der Waals surface area (Å²) < 4.78 is 30.6. The largest absolute Gasteiger partial charge is 0.508 e. The highest BCUT2D eigenvalue weighted by Crippen LogP contribution is 2.20. The van der Waals surface area contributed by atoms with E-state index in [2.05, 4.69) is 0 Å². The van der Waals surface area contributed by atoms with E-state index in [1.165, 1.54) is 0 Å². The molecule has 0 heterocycles. The molecule has 64 valence electrons. The van der Waals surface area contributed by atoms with E-state index >= 15 is 0 Å². The van der Waals surface area contributed by atoms with Crippen molar-refractivity contribution in [3.05, 3.63) is 54.5 Å². The van der Waals surface area contributed by atoms with E-state index in [4.69, 9.17) is 5.48 Å². The summed E-state index contributed by atoms with van der Waals surface area (Å²) in [6.45, 7) is 0. The van der Waals surface area contributed by atoms with Gasteiger partial charge in [0.2, 0.25) is 0 Å². The maximum Gasteiger partial charge on any atom is 0.115 e. The molecule has 0 amide bonds. The van der Waals surface area contributed by atoms with Gasteiger partial charge >= 0.3 is 0 Å². The van der Waals surface area contributed by atoms with Gasteiger partial charge in [-0.1, -0.05) is 42.4 Å². The molecule has 1 nitrogen and oxygen atoms in total. The Balaban J connectivity index is 2.80. The standard InChI is InChI=1S/C12H10O/c13-12-8-6-11(7-9-12)10-4-2-1-3-5-10/h1-9,13H/i6D,7D,8D,9D. The molecule has 1 heteroatoms. The first-order chi connectivity index (χ1) is 8.04. The normalized spacial score (nSPS) is 14.2. The molecular formula is C12H10O. The van der Waals surface area contributed by atoms with Gasteiger partial charge in [-0.15, -0.1) is 0 Å². The number of aromatic hydroxyl groups is 1. The SMILES string of the molecule is [2H]c1c([2H])c(-c2ccccc2)c([2H])c([2H])c1O. The summed E-state index contributed by atoms with van der Waals surface area (Å²) in [6, 6.07) is 7.46. The number of phenolic OH excluding ortho intramolecular Hbond substituents is 1. The first kappa shape index (κ1) is 4.47. The minimum absolute atomic E-state index is 0.207. The minimum atomic E-state index is -0.611. The van der Waals surface area contributed by atoms with Crippen molar-refractivity contribution >= 4 is 0 Å². The van der Waals surface area contributed by atoms with E-state index in [1.807, 2.05) is 0 Å². The molecule has 2 aromatic carbocycles. The van der Waals surface area contributed by atoms with E-state index < -0.39 is 17.8 Å². The molecule has 1 N–H and O–H groups in total. The van der Waals surface area contributed by atoms with E-state index in [9.17, 15) is 5.11 Å². The van der Waals surface area contributed by atoms with E-state index in [-0.39, 0.29) is 17.6 Å². The molecule has 13 heavy (non-hydrogen) atoms. The molecule has 0 fully saturated rings. The molecule has 0 bridgehead atoms. The predicted octanol–water partition coefficient (Wildman–Crippen LogP) is 3.06. The molecule has 0 atom stereocenters. The number of phenols is 1. The maximum atomic E-state index is 9.42. The highest BCUT2D eigenvalue weighted by molar-refractivity contribution is 5.63. The smallest absolute Gasteiger partial charge is 0.115 e. The van der Waals surface area contributed by atoms with Crippen LogP contribution in [0.4, 0.5) is 0 Å². The van der Waals surface area contributed by atoms with Gasteiger partial charge in [-0.25, -0.2) is 0 Å². The summed E-state index contributed by atoms with van der Waals surface area (Å²) in [6.07, 6.45) is 0. The lowest BCUT2D eigenvalue weighted by atomic mass is 10.1. The second-order valence-corrected chi connectivity index (χ2v) is 2.59. The van der Waals surface area contributed by atoms with Crippen LogP contribution >= 0.6 is 0 Å². The summed E-state index contributed by atoms with van der Waals surface area (Å²) in [5, 5.41) is 9.42. The number of benzene rings is 2. The molecule has 0 aliphatic heterocycles. The fourth-order valence-corrected chi connectivity index (χ4v) is 1.06. The van der Waals surface area contributed by atoms with Crippen LogP contribution in [0, 0.1) is 0 Å². The monoisotopic (exact) mass is 174 g/mol. The second kappa shape index (κ2) is 3.31. The summed E-state index contributed by atoms with van der Waals surface area (Å²) >= 11 is 0. The van der Waals surface area contributed by atoms with Crippen molar-refractivity contribution in [1.82, 2.24) is 0 Å². The Bertz CT molecular complexity index is 537. The van der Waals surface area contributed by atoms with Crippen LogP contribution in [-0.4, -0.2) is 5.11 Å². The number of hydrogen-bond donors (Lipinski definition) is 1. The van der Waals surface area contributed by atoms with Crippen LogP contribution in [0.15, 0.2) is 54.5 Å². The average Bonchev–Trinajstić information content (AvgIpc) is 2.36. The first-order valence-electron chi connectivity index (χ1n) is 5.88. The van der Waals surface area contributed by atoms with Gasteiger partial charge in [0.1, 0.15) is 5.75 Å². The lowest BCUT2D eigenvalue weighted by molar-refractivity contribution is 0.475. The predicted molar refractivity (Wildman–Crippen MR) is 53.5 cm³/mol. The molecule has 0 radical (unpaired) electrons. The highest BCUT2D eigenvalue weighted by atomic mass is 16.3. The minimum Gasteiger partial charge on any atom is -0.508 e. The van der Waals surface area contributed by atoms with Crippen molar-refractivity contribution in [1.29, 1.82) is 0 Å². The summed E-state index contributed by atoms with van der Waals surface area (Å²) in [5.41, 5.74) is 0.808. The lowest BCUT2D eigenvalue weighted by Gasteiger charge is -2.00. The summed E-state index contributed by atoms with van der Waals surface area (Å²) in [4.78, 5) is 0. The third kappa shape index (κ3) is 1.70. The lowest BCUT2D eigenvalue weighted by Crippen LogP contribution is -1.74. The molecule has 0 saturated heterocycles. The summed E-state index contributed by atoms with van der Waals surface area (Å²) in [5.74, 6) is -0.611.